The molecule has 0 aromatic heterocycles. The largest absolute Gasteiger partial charge is 0.481 e. The van der Waals surface area contributed by atoms with Crippen LogP contribution in [0, 0.1) is 5.92 Å². The van der Waals surface area contributed by atoms with Crippen LogP contribution < -0.4 is 54.4 Å². The number of primary amides is 1. The number of carboxylic acids is 1. The first kappa shape index (κ1) is 52.3. The third kappa shape index (κ3) is 18.0. The molecule has 0 aliphatic carbocycles. The molecule has 22 heteroatoms. The number of nitrogens with one attached hydrogen (secondary N) is 7. The molecular weight excluding hydrogens is 823 g/mol. The highest BCUT2D eigenvalue weighted by Crippen LogP contribution is 2.20. The van der Waals surface area contributed by atoms with E-state index in [9.17, 15) is 53.4 Å². The summed E-state index contributed by atoms with van der Waals surface area (Å²) in [6, 6.07) is 3.21. The van der Waals surface area contributed by atoms with E-state index >= 15 is 0 Å². The van der Waals surface area contributed by atoms with Crippen molar-refractivity contribution in [2.45, 2.75) is 122 Å². The molecule has 0 radical (unpaired) electrons. The minimum atomic E-state index is -1.78. The summed E-state index contributed by atoms with van der Waals surface area (Å²) in [6.07, 6.45) is -2.03. The Morgan fingerprint density at radius 1 is 0.635 bits per heavy atom. The van der Waals surface area contributed by atoms with Crippen molar-refractivity contribution in [3.8, 4) is 0 Å². The van der Waals surface area contributed by atoms with E-state index in [2.05, 4.69) is 42.2 Å². The van der Waals surface area contributed by atoms with Crippen LogP contribution in [0.2, 0.25) is 0 Å². The Hall–Kier alpha value is -6.84. The molecule has 0 bridgehead atoms. The predicted molar refractivity (Wildman–Crippen MR) is 231 cm³/mol. The second kappa shape index (κ2) is 25.2. The van der Waals surface area contributed by atoms with E-state index in [4.69, 9.17) is 17.2 Å². The topological polar surface area (TPSA) is 369 Å². The van der Waals surface area contributed by atoms with Crippen LogP contribution in [0.15, 0.2) is 47.5 Å². The molecule has 2 aromatic rings. The number of nitrogens with two attached hydrogens (primary N) is 3. The minimum absolute atomic E-state index is 0.0327. The summed E-state index contributed by atoms with van der Waals surface area (Å²) < 4.78 is 0. The van der Waals surface area contributed by atoms with Crippen molar-refractivity contribution in [2.24, 2.45) is 28.1 Å². The maximum absolute atomic E-state index is 13.8. The number of aliphatic imine (C=N–C) groups is 1. The van der Waals surface area contributed by atoms with Crippen molar-refractivity contribution in [2.75, 3.05) is 6.54 Å². The van der Waals surface area contributed by atoms with Crippen molar-refractivity contribution < 1.29 is 53.4 Å². The first-order valence-corrected chi connectivity index (χ1v) is 20.3. The first-order valence-electron chi connectivity index (χ1n) is 20.3. The Morgan fingerprint density at radius 3 is 1.73 bits per heavy atom. The Labute approximate surface area is 364 Å². The summed E-state index contributed by atoms with van der Waals surface area (Å²) in [5, 5.41) is 38.4. The van der Waals surface area contributed by atoms with Crippen molar-refractivity contribution >= 4 is 70.0 Å². The number of fused-ring (bicyclic) bond motifs is 1. The highest BCUT2D eigenvalue weighted by molar-refractivity contribution is 5.98. The zero-order valence-electron chi connectivity index (χ0n) is 36.2. The number of guanidine groups is 1. The van der Waals surface area contributed by atoms with Crippen molar-refractivity contribution in [1.82, 2.24) is 37.2 Å². The number of carbonyl (C=O) groups excluding carboxylic acids is 8. The number of aliphatic hydroxyl groups excluding tert-OH is 1. The highest BCUT2D eigenvalue weighted by Gasteiger charge is 2.34. The normalized spacial score (nSPS) is 14.8. The molecular formula is C41H61N11O11. The lowest BCUT2D eigenvalue weighted by molar-refractivity contribution is -0.141. The number of carbonyl (C=O) groups is 9. The van der Waals surface area contributed by atoms with Gasteiger partial charge < -0.3 is 64.6 Å². The lowest BCUT2D eigenvalue weighted by Gasteiger charge is -2.27. The van der Waals surface area contributed by atoms with Gasteiger partial charge in [-0.15, -0.1) is 0 Å². The number of nitrogens with zero attached hydrogens (tertiary/aromatic N) is 1. The molecule has 0 aliphatic heterocycles. The average molecular weight is 884 g/mol. The van der Waals surface area contributed by atoms with Crippen molar-refractivity contribution in [3.63, 3.8) is 0 Å². The van der Waals surface area contributed by atoms with Crippen LogP contribution in [-0.2, 0) is 49.6 Å². The molecule has 63 heavy (non-hydrogen) atoms. The second-order valence-electron chi connectivity index (χ2n) is 15.5. The lowest BCUT2D eigenvalue weighted by Crippen LogP contribution is -2.60. The van der Waals surface area contributed by atoms with Crippen molar-refractivity contribution in [1.29, 1.82) is 0 Å². The Balaban J connectivity index is 2.21. The van der Waals surface area contributed by atoms with Crippen molar-refractivity contribution in [3.05, 3.63) is 48.0 Å². The standard InChI is InChI=1S/C41H61N11O11/c1-20(2)17-29(34(42)57)50-40(63)33(23(5)53)52-36(59)22(4)47-38(61)31(19-32(55)56)51-35(58)21(3)46-37(60)28(15-10-16-45-41(43)44)49-39(62)30(48-24(6)54)18-26-13-9-12-25-11-7-8-14-27(25)26/h7-9,11-14,20-23,28-31,33,53H,10,15-19H2,1-6H3,(H2,42,57)(H,46,60)(H,47,61)(H,48,54)(H,49,62)(H,50,63)(H,51,58)(H,52,59)(H,55,56)(H4,43,44,45)/t21-,22-,23+,28-,29-,30-,31-,33-/m0/s1. The van der Waals surface area contributed by atoms with Gasteiger partial charge in [0.1, 0.15) is 42.3 Å². The van der Waals surface area contributed by atoms with E-state index in [1.54, 1.807) is 13.8 Å². The molecule has 2 aromatic carbocycles. The summed E-state index contributed by atoms with van der Waals surface area (Å²) >= 11 is 0. The molecule has 22 nitrogen and oxygen atoms in total. The van der Waals surface area contributed by atoms with Gasteiger partial charge in [-0.25, -0.2) is 0 Å². The molecule has 15 N–H and O–H groups in total. The number of hydrogen-bond donors (Lipinski definition) is 12. The van der Waals surface area contributed by atoms with Crippen LogP contribution >= 0.6 is 0 Å². The summed E-state index contributed by atoms with van der Waals surface area (Å²) in [5.41, 5.74) is 17.0. The monoisotopic (exact) mass is 883 g/mol. The average Bonchev–Trinajstić information content (AvgIpc) is 3.19. The molecule has 8 amide bonds. The Kier molecular flexibility index (Phi) is 20.9. The third-order valence-corrected chi connectivity index (χ3v) is 9.52. The SMILES string of the molecule is CC(=O)N[C@@H](Cc1cccc2ccccc12)C(=O)N[C@@H](CCCN=C(N)N)C(=O)N[C@@H](C)C(=O)N[C@@H](CC(=O)O)C(=O)N[C@@H](C)C(=O)N[C@H](C(=O)N[C@@H](CC(C)C)C(N)=O)[C@@H](C)O. The van der Waals surface area contributed by atoms with Crippen LogP contribution in [0.25, 0.3) is 10.8 Å². The summed E-state index contributed by atoms with van der Waals surface area (Å²) in [4.78, 5) is 120. The summed E-state index contributed by atoms with van der Waals surface area (Å²) in [7, 11) is 0. The molecule has 0 saturated heterocycles. The molecule has 0 heterocycles. The number of amides is 8. The fourth-order valence-electron chi connectivity index (χ4n) is 6.29. The van der Waals surface area contributed by atoms with E-state index < -0.39 is 108 Å². The molecule has 0 unspecified atom stereocenters. The van der Waals surface area contributed by atoms with Gasteiger partial charge in [0, 0.05) is 19.9 Å². The molecule has 0 aliphatic rings. The molecule has 0 fully saturated rings. The molecule has 0 saturated carbocycles. The number of rotatable bonds is 25. The van der Waals surface area contributed by atoms with Crippen LogP contribution in [0.4, 0.5) is 0 Å². The molecule has 8 atom stereocenters. The number of aliphatic hydroxyl groups is 1. The van der Waals surface area contributed by atoms with Gasteiger partial charge in [-0.3, -0.25) is 48.1 Å². The summed E-state index contributed by atoms with van der Waals surface area (Å²) in [6.45, 7) is 8.52. The quantitative estimate of drug-likeness (QED) is 0.0274. The maximum atomic E-state index is 13.8. The zero-order valence-corrected chi connectivity index (χ0v) is 36.2. The van der Waals surface area contributed by atoms with E-state index in [0.717, 1.165) is 16.3 Å². The van der Waals surface area contributed by atoms with E-state index in [1.807, 2.05) is 42.5 Å². The number of benzene rings is 2. The van der Waals surface area contributed by atoms with Gasteiger partial charge in [-0.2, -0.15) is 0 Å². The van der Waals surface area contributed by atoms with Gasteiger partial charge >= 0.3 is 5.97 Å². The smallest absolute Gasteiger partial charge is 0.305 e. The van der Waals surface area contributed by atoms with E-state index in [1.165, 1.54) is 27.7 Å². The fraction of sp³-hybridized carbons (Fsp3) is 0.512. The fourth-order valence-corrected chi connectivity index (χ4v) is 6.29. The molecule has 2 rings (SSSR count). The van der Waals surface area contributed by atoms with Crippen LogP contribution in [0.5, 0.6) is 0 Å². The van der Waals surface area contributed by atoms with Gasteiger partial charge in [-0.05, 0) is 62.3 Å². The van der Waals surface area contributed by atoms with Gasteiger partial charge in [0.2, 0.25) is 47.3 Å². The van der Waals surface area contributed by atoms with E-state index in [0.29, 0.717) is 0 Å². The Bertz CT molecular complexity index is 2000. The van der Waals surface area contributed by atoms with E-state index in [-0.39, 0.29) is 44.1 Å². The van der Waals surface area contributed by atoms with Crippen LogP contribution in [-0.4, -0.2) is 124 Å². The number of aliphatic carboxylic acids is 1. The highest BCUT2D eigenvalue weighted by atomic mass is 16.4. The Morgan fingerprint density at radius 2 is 1.17 bits per heavy atom. The lowest BCUT2D eigenvalue weighted by atomic mass is 9.98. The second-order valence-corrected chi connectivity index (χ2v) is 15.5. The first-order chi connectivity index (χ1) is 29.5. The van der Waals surface area contributed by atoms with Gasteiger partial charge in [0.05, 0.1) is 12.5 Å². The van der Waals surface area contributed by atoms with Gasteiger partial charge in [0.25, 0.3) is 0 Å². The predicted octanol–water partition coefficient (Wildman–Crippen LogP) is -2.72. The van der Waals surface area contributed by atoms with Crippen LogP contribution in [0.1, 0.15) is 72.8 Å². The number of carboxylic acid groups (broad SMARTS) is 1. The minimum Gasteiger partial charge on any atom is -0.481 e. The maximum Gasteiger partial charge on any atom is 0.305 e. The van der Waals surface area contributed by atoms with Gasteiger partial charge in [0.15, 0.2) is 5.96 Å². The molecule has 0 spiro atoms. The van der Waals surface area contributed by atoms with Gasteiger partial charge in [-0.1, -0.05) is 56.3 Å². The summed E-state index contributed by atoms with van der Waals surface area (Å²) in [5.74, 6) is -8.74. The number of hydrogen-bond acceptors (Lipinski definition) is 11. The van der Waals surface area contributed by atoms with Crippen LogP contribution in [0.3, 0.4) is 0 Å². The third-order valence-electron chi connectivity index (χ3n) is 9.52. The molecule has 346 valence electrons. The zero-order chi connectivity index (χ0) is 47.6.